The molecule has 0 radical (unpaired) electrons. The molecule has 1 amide bonds. The molecule has 0 unspecified atom stereocenters. The van der Waals surface area contributed by atoms with E-state index in [2.05, 4.69) is 4.98 Å². The quantitative estimate of drug-likeness (QED) is 0.735. The molecule has 0 fully saturated rings. The average molecular weight is 342 g/mol. The molecule has 0 aliphatic rings. The number of nitrogens with zero attached hydrogens (tertiary/aromatic N) is 1. The highest BCUT2D eigenvalue weighted by Gasteiger charge is 2.38. The Morgan fingerprint density at radius 1 is 0.960 bits per heavy atom. The van der Waals surface area contributed by atoms with E-state index in [0.29, 0.717) is 5.56 Å². The Morgan fingerprint density at radius 3 is 2.56 bits per heavy atom. The summed E-state index contributed by atoms with van der Waals surface area (Å²) in [5, 5.41) is 2.86. The first-order valence-corrected chi connectivity index (χ1v) is 7.44. The molecule has 3 aromatic rings. The summed E-state index contributed by atoms with van der Waals surface area (Å²) in [5.41, 5.74) is 2.31. The third kappa shape index (κ3) is 4.23. The van der Waals surface area contributed by atoms with Crippen molar-refractivity contribution in [1.29, 1.82) is 0 Å². The number of nitrogens with one attached hydrogen (secondary N) is 1. The molecule has 2 aromatic carbocycles. The van der Waals surface area contributed by atoms with Crippen LogP contribution in [-0.4, -0.2) is 17.1 Å². The normalized spacial score (nSPS) is 11.8. The minimum Gasteiger partial charge on any atom is -0.318 e. The molecule has 126 valence electrons. The van der Waals surface area contributed by atoms with Crippen LogP contribution < -0.4 is 5.32 Å². The van der Waals surface area contributed by atoms with Crippen LogP contribution in [0.15, 0.2) is 60.7 Å². The van der Waals surface area contributed by atoms with E-state index < -0.39 is 12.1 Å². The van der Waals surface area contributed by atoms with Gasteiger partial charge in [0.2, 0.25) is 0 Å². The second-order valence-electron chi connectivity index (χ2n) is 5.34. The fourth-order valence-corrected chi connectivity index (χ4v) is 2.28. The highest BCUT2D eigenvalue weighted by atomic mass is 19.4. The first kappa shape index (κ1) is 16.7. The van der Waals surface area contributed by atoms with E-state index in [1.165, 1.54) is 12.1 Å². The van der Waals surface area contributed by atoms with Crippen LogP contribution in [0.4, 0.5) is 18.9 Å². The van der Waals surface area contributed by atoms with Crippen LogP contribution in [0.3, 0.4) is 0 Å². The van der Waals surface area contributed by atoms with Crippen molar-refractivity contribution in [3.8, 4) is 0 Å². The summed E-state index contributed by atoms with van der Waals surface area (Å²) in [6, 6.07) is 17.6. The number of para-hydroxylation sites is 1. The standard InChI is InChI=1S/C19H13F3N2O/c20-19(21,22)18(25)24-16-6-3-4-13(12-16)8-10-15-11-9-14-5-1-2-7-17(14)23-15/h1-12H,(H,24,25)/b10-8+. The van der Waals surface area contributed by atoms with Gasteiger partial charge in [-0.15, -0.1) is 0 Å². The molecule has 0 atom stereocenters. The first-order valence-electron chi connectivity index (χ1n) is 7.44. The number of aromatic nitrogens is 1. The zero-order chi connectivity index (χ0) is 17.9. The lowest BCUT2D eigenvalue weighted by molar-refractivity contribution is -0.167. The lowest BCUT2D eigenvalue weighted by Crippen LogP contribution is -2.29. The van der Waals surface area contributed by atoms with Crippen LogP contribution in [0, 0.1) is 0 Å². The third-order valence-corrected chi connectivity index (χ3v) is 3.47. The van der Waals surface area contributed by atoms with Crippen molar-refractivity contribution < 1.29 is 18.0 Å². The van der Waals surface area contributed by atoms with Gasteiger partial charge in [-0.25, -0.2) is 4.98 Å². The second kappa shape index (κ2) is 6.76. The van der Waals surface area contributed by atoms with E-state index in [1.807, 2.05) is 41.7 Å². The predicted octanol–water partition coefficient (Wildman–Crippen LogP) is 4.91. The summed E-state index contributed by atoms with van der Waals surface area (Å²) in [5.74, 6) is -2.00. The highest BCUT2D eigenvalue weighted by molar-refractivity contribution is 5.95. The lowest BCUT2D eigenvalue weighted by Gasteiger charge is -2.08. The second-order valence-corrected chi connectivity index (χ2v) is 5.34. The SMILES string of the molecule is O=C(Nc1cccc(/C=C/c2ccc3ccccc3n2)c1)C(F)(F)F. The summed E-state index contributed by atoms with van der Waals surface area (Å²) in [6.07, 6.45) is -1.43. The number of benzene rings is 2. The predicted molar refractivity (Wildman–Crippen MR) is 91.8 cm³/mol. The van der Waals surface area contributed by atoms with Crippen molar-refractivity contribution in [1.82, 2.24) is 4.98 Å². The fourth-order valence-electron chi connectivity index (χ4n) is 2.28. The molecule has 1 N–H and O–H groups in total. The Balaban J connectivity index is 1.78. The molecule has 0 aliphatic carbocycles. The average Bonchev–Trinajstić information content (AvgIpc) is 2.59. The maximum atomic E-state index is 12.3. The van der Waals surface area contributed by atoms with Crippen LogP contribution >= 0.6 is 0 Å². The number of pyridine rings is 1. The number of carbonyl (C=O) groups excluding carboxylic acids is 1. The minimum absolute atomic E-state index is 0.0796. The largest absolute Gasteiger partial charge is 0.471 e. The van der Waals surface area contributed by atoms with Gasteiger partial charge in [0.1, 0.15) is 0 Å². The minimum atomic E-state index is -4.92. The van der Waals surface area contributed by atoms with E-state index >= 15 is 0 Å². The maximum absolute atomic E-state index is 12.3. The van der Waals surface area contributed by atoms with Gasteiger partial charge in [0.15, 0.2) is 0 Å². The Kier molecular flexibility index (Phi) is 4.52. The highest BCUT2D eigenvalue weighted by Crippen LogP contribution is 2.20. The molecular weight excluding hydrogens is 329 g/mol. The van der Waals surface area contributed by atoms with Crippen molar-refractivity contribution in [2.75, 3.05) is 5.32 Å². The number of carbonyl (C=O) groups is 1. The number of halogens is 3. The van der Waals surface area contributed by atoms with Crippen molar-refractivity contribution in [3.63, 3.8) is 0 Å². The zero-order valence-electron chi connectivity index (χ0n) is 12.9. The number of hydrogen-bond acceptors (Lipinski definition) is 2. The van der Waals surface area contributed by atoms with Gasteiger partial charge in [-0.2, -0.15) is 13.2 Å². The van der Waals surface area contributed by atoms with E-state index in [0.717, 1.165) is 16.6 Å². The Bertz CT molecular complexity index is 949. The lowest BCUT2D eigenvalue weighted by atomic mass is 10.1. The molecule has 0 bridgehead atoms. The van der Waals surface area contributed by atoms with Crippen molar-refractivity contribution in [2.24, 2.45) is 0 Å². The first-order chi connectivity index (χ1) is 11.9. The van der Waals surface area contributed by atoms with Crippen LogP contribution in [0.5, 0.6) is 0 Å². The number of alkyl halides is 3. The summed E-state index contributed by atoms with van der Waals surface area (Å²) in [6.45, 7) is 0. The Labute approximate surface area is 141 Å². The summed E-state index contributed by atoms with van der Waals surface area (Å²) in [4.78, 5) is 15.5. The van der Waals surface area contributed by atoms with Crippen molar-refractivity contribution in [2.45, 2.75) is 6.18 Å². The Hall–Kier alpha value is -3.15. The molecule has 1 heterocycles. The number of hydrogen-bond donors (Lipinski definition) is 1. The van der Waals surface area contributed by atoms with Gasteiger partial charge in [-0.3, -0.25) is 4.79 Å². The monoisotopic (exact) mass is 342 g/mol. The topological polar surface area (TPSA) is 42.0 Å². The smallest absolute Gasteiger partial charge is 0.318 e. The maximum Gasteiger partial charge on any atom is 0.471 e. The molecule has 0 spiro atoms. The molecule has 0 saturated carbocycles. The number of anilines is 1. The van der Waals surface area contributed by atoms with Gasteiger partial charge in [-0.1, -0.05) is 42.5 Å². The van der Waals surface area contributed by atoms with E-state index in [4.69, 9.17) is 0 Å². The molecule has 0 saturated heterocycles. The molecule has 0 aliphatic heterocycles. The Morgan fingerprint density at radius 2 is 1.76 bits per heavy atom. The zero-order valence-corrected chi connectivity index (χ0v) is 12.9. The molecule has 1 aromatic heterocycles. The molecule has 3 rings (SSSR count). The summed E-state index contributed by atoms with van der Waals surface area (Å²) >= 11 is 0. The van der Waals surface area contributed by atoms with Gasteiger partial charge < -0.3 is 5.32 Å². The van der Waals surface area contributed by atoms with Gasteiger partial charge in [0.25, 0.3) is 0 Å². The number of rotatable bonds is 3. The van der Waals surface area contributed by atoms with E-state index in [-0.39, 0.29) is 5.69 Å². The molecular formula is C19H13F3N2O. The molecule has 6 heteroatoms. The van der Waals surface area contributed by atoms with Crippen molar-refractivity contribution in [3.05, 3.63) is 71.9 Å². The van der Waals surface area contributed by atoms with Crippen LogP contribution in [-0.2, 0) is 4.79 Å². The van der Waals surface area contributed by atoms with Crippen LogP contribution in [0.2, 0.25) is 0 Å². The fraction of sp³-hybridized carbons (Fsp3) is 0.0526. The van der Waals surface area contributed by atoms with E-state index in [9.17, 15) is 18.0 Å². The van der Waals surface area contributed by atoms with Gasteiger partial charge in [0, 0.05) is 11.1 Å². The van der Waals surface area contributed by atoms with Crippen molar-refractivity contribution >= 4 is 34.6 Å². The van der Waals surface area contributed by atoms with Crippen LogP contribution in [0.25, 0.3) is 23.1 Å². The molecule has 3 nitrogen and oxygen atoms in total. The molecule has 25 heavy (non-hydrogen) atoms. The van der Waals surface area contributed by atoms with Gasteiger partial charge >= 0.3 is 12.1 Å². The summed E-state index contributed by atoms with van der Waals surface area (Å²) < 4.78 is 36.9. The number of fused-ring (bicyclic) bond motifs is 1. The van der Waals surface area contributed by atoms with Gasteiger partial charge in [0.05, 0.1) is 11.2 Å². The van der Waals surface area contributed by atoms with E-state index in [1.54, 1.807) is 24.3 Å². The number of amides is 1. The third-order valence-electron chi connectivity index (χ3n) is 3.47. The summed E-state index contributed by atoms with van der Waals surface area (Å²) in [7, 11) is 0. The van der Waals surface area contributed by atoms with Gasteiger partial charge in [-0.05, 0) is 35.9 Å². The van der Waals surface area contributed by atoms with Crippen LogP contribution in [0.1, 0.15) is 11.3 Å².